The van der Waals surface area contributed by atoms with Crippen LogP contribution >= 0.6 is 15.9 Å². The van der Waals surface area contributed by atoms with Gasteiger partial charge in [0.05, 0.1) is 17.9 Å². The number of esters is 1. The summed E-state index contributed by atoms with van der Waals surface area (Å²) in [4.78, 5) is 59.1. The molecule has 44 heavy (non-hydrogen) atoms. The van der Waals surface area contributed by atoms with Crippen LogP contribution in [0.5, 0.6) is 0 Å². The predicted molar refractivity (Wildman–Crippen MR) is 166 cm³/mol. The van der Waals surface area contributed by atoms with Gasteiger partial charge in [-0.15, -0.1) is 0 Å². The maximum Gasteiger partial charge on any atom is 0.306 e. The lowest BCUT2D eigenvalue weighted by Crippen LogP contribution is -2.57. The highest BCUT2D eigenvalue weighted by Gasteiger charge is 2.74. The molecule has 11 heteroatoms. The van der Waals surface area contributed by atoms with Crippen molar-refractivity contribution >= 4 is 39.6 Å². The van der Waals surface area contributed by atoms with Crippen LogP contribution in [0.4, 0.5) is 0 Å². The van der Waals surface area contributed by atoms with E-state index in [0.29, 0.717) is 30.3 Å². The Hall–Kier alpha value is -3.02. The Morgan fingerprint density at radius 1 is 1.11 bits per heavy atom. The molecule has 3 amide bonds. The number of carbonyl (C=O) groups is 4. The number of hydrogen-bond donors (Lipinski definition) is 2. The lowest BCUT2D eigenvalue weighted by molar-refractivity contribution is -0.149. The van der Waals surface area contributed by atoms with Crippen molar-refractivity contribution in [1.29, 1.82) is 0 Å². The van der Waals surface area contributed by atoms with Gasteiger partial charge in [-0.05, 0) is 44.2 Å². The molecular formula is C33H42BrN3O7. The normalized spacial score (nSPS) is 32.3. The van der Waals surface area contributed by atoms with Crippen molar-refractivity contribution < 1.29 is 33.8 Å². The van der Waals surface area contributed by atoms with Gasteiger partial charge in [-0.3, -0.25) is 19.2 Å². The van der Waals surface area contributed by atoms with Crippen LogP contribution in [0.1, 0.15) is 64.0 Å². The standard InChI is InChI=1S/C33H42BrN3O7/c1-3-12-21(2)36-16-9-5-8-15-25(39)43-20-24(22-13-6-4-7-14-22)35-30(40)26-27-31(41)37(17-10-11-18-38)29(32(36)42)33(27)19-23(34)28(26)44-33/h4-7,9,13-14,19,21,24,26-29,38H,3,8,10-12,15-18,20H2,1-2H3,(H,35,40)/b9-5-/t21?,24-,26-,27+,28-,29-,33+/m0/s1. The third kappa shape index (κ3) is 6.10. The van der Waals surface area contributed by atoms with E-state index in [1.54, 1.807) is 9.80 Å². The highest BCUT2D eigenvalue weighted by molar-refractivity contribution is 9.11. The minimum Gasteiger partial charge on any atom is -0.463 e. The molecule has 4 aliphatic rings. The van der Waals surface area contributed by atoms with Crippen LogP contribution < -0.4 is 5.32 Å². The van der Waals surface area contributed by atoms with Gasteiger partial charge in [-0.25, -0.2) is 0 Å². The van der Waals surface area contributed by atoms with Gasteiger partial charge >= 0.3 is 5.97 Å². The first-order valence-corrected chi connectivity index (χ1v) is 16.5. The second-order valence-electron chi connectivity index (χ2n) is 12.1. The summed E-state index contributed by atoms with van der Waals surface area (Å²) in [5.74, 6) is -3.15. The number of rotatable bonds is 8. The van der Waals surface area contributed by atoms with Crippen molar-refractivity contribution in [3.05, 3.63) is 58.6 Å². The summed E-state index contributed by atoms with van der Waals surface area (Å²) in [6.07, 6.45) is 8.07. The number of unbranched alkanes of at least 4 members (excludes halogenated alkanes) is 1. The minimum absolute atomic E-state index is 0.0276. The van der Waals surface area contributed by atoms with Crippen molar-refractivity contribution in [1.82, 2.24) is 15.1 Å². The fraction of sp³-hybridized carbons (Fsp3) is 0.576. The summed E-state index contributed by atoms with van der Waals surface area (Å²) in [7, 11) is 0. The van der Waals surface area contributed by atoms with Crippen LogP contribution in [0.3, 0.4) is 0 Å². The lowest BCUT2D eigenvalue weighted by Gasteiger charge is -2.38. The van der Waals surface area contributed by atoms with Crippen LogP contribution in [0.15, 0.2) is 53.0 Å². The van der Waals surface area contributed by atoms with E-state index in [9.17, 15) is 24.3 Å². The van der Waals surface area contributed by atoms with E-state index in [1.165, 1.54) is 0 Å². The number of nitrogens with one attached hydrogen (secondary N) is 1. The number of carbonyl (C=O) groups excluding carboxylic acids is 4. The first-order chi connectivity index (χ1) is 21.2. The molecular weight excluding hydrogens is 630 g/mol. The molecule has 0 saturated carbocycles. The zero-order chi connectivity index (χ0) is 31.4. The maximum absolute atomic E-state index is 14.7. The van der Waals surface area contributed by atoms with Crippen LogP contribution in [-0.4, -0.2) is 88.7 Å². The summed E-state index contributed by atoms with van der Waals surface area (Å²) in [5.41, 5.74) is -0.563. The van der Waals surface area contributed by atoms with E-state index in [1.807, 2.05) is 55.5 Å². The SMILES string of the molecule is CCCC(C)N1C/C=C\CCC(=O)OC[C@@H](c2ccccc2)NC(=O)[C@@H]2[C@H]3O[C@@]4(C=C3Br)[C@H](C1=O)N(CCCCO)C(=O)[C@@H]24. The van der Waals surface area contributed by atoms with Gasteiger partial charge < -0.3 is 29.7 Å². The number of fused-ring (bicyclic) bond motifs is 2. The lowest BCUT2D eigenvalue weighted by atomic mass is 9.74. The summed E-state index contributed by atoms with van der Waals surface area (Å²) < 4.78 is 12.8. The number of ether oxygens (including phenoxy) is 2. The Morgan fingerprint density at radius 3 is 2.61 bits per heavy atom. The smallest absolute Gasteiger partial charge is 0.306 e. The Balaban J connectivity index is 1.58. The quantitative estimate of drug-likeness (QED) is 0.247. The number of halogens is 1. The molecule has 238 valence electrons. The molecule has 0 aliphatic carbocycles. The zero-order valence-electron chi connectivity index (χ0n) is 25.3. The molecule has 10 nitrogen and oxygen atoms in total. The molecule has 7 atom stereocenters. The molecule has 2 fully saturated rings. The van der Waals surface area contributed by atoms with Gasteiger partial charge in [0.25, 0.3) is 0 Å². The molecule has 1 unspecified atom stereocenters. The minimum atomic E-state index is -1.32. The fourth-order valence-electron chi connectivity index (χ4n) is 7.08. The second kappa shape index (κ2) is 14.0. The van der Waals surface area contributed by atoms with E-state index in [2.05, 4.69) is 28.2 Å². The Bertz CT molecular complexity index is 1300. The molecule has 5 bridgehead atoms. The number of cyclic esters (lactones) is 1. The molecule has 2 N–H and O–H groups in total. The Labute approximate surface area is 266 Å². The summed E-state index contributed by atoms with van der Waals surface area (Å²) in [6.45, 7) is 4.53. The number of hydrogen-bond acceptors (Lipinski definition) is 7. The molecule has 0 aromatic heterocycles. The van der Waals surface area contributed by atoms with E-state index in [4.69, 9.17) is 9.47 Å². The average molecular weight is 673 g/mol. The molecule has 2 saturated heterocycles. The number of aliphatic hydroxyl groups is 1. The first kappa shape index (κ1) is 32.4. The zero-order valence-corrected chi connectivity index (χ0v) is 26.9. The van der Waals surface area contributed by atoms with Crippen LogP contribution in [0, 0.1) is 11.8 Å². The number of nitrogens with zero attached hydrogens (tertiary/aromatic N) is 2. The molecule has 1 spiro atoms. The third-order valence-electron chi connectivity index (χ3n) is 9.20. The summed E-state index contributed by atoms with van der Waals surface area (Å²) in [6, 6.07) is 7.53. The second-order valence-corrected chi connectivity index (χ2v) is 13.0. The van der Waals surface area contributed by atoms with E-state index < -0.39 is 41.5 Å². The Kier molecular flexibility index (Phi) is 10.3. The van der Waals surface area contributed by atoms with Crippen molar-refractivity contribution in [3.8, 4) is 0 Å². The summed E-state index contributed by atoms with van der Waals surface area (Å²) >= 11 is 3.61. The van der Waals surface area contributed by atoms with Crippen LogP contribution in [0.25, 0.3) is 0 Å². The third-order valence-corrected chi connectivity index (χ3v) is 9.88. The number of benzene rings is 1. The molecule has 0 radical (unpaired) electrons. The maximum atomic E-state index is 14.7. The van der Waals surface area contributed by atoms with Gasteiger partial charge in [0.1, 0.15) is 24.4 Å². The largest absolute Gasteiger partial charge is 0.463 e. The predicted octanol–water partition coefficient (Wildman–Crippen LogP) is 3.40. The molecule has 1 aromatic carbocycles. The van der Waals surface area contributed by atoms with Crippen LogP contribution in [0.2, 0.25) is 0 Å². The molecule has 1 aromatic rings. The van der Waals surface area contributed by atoms with E-state index in [-0.39, 0.29) is 50.0 Å². The first-order valence-electron chi connectivity index (χ1n) is 15.7. The van der Waals surface area contributed by atoms with Crippen molar-refractivity contribution in [2.24, 2.45) is 11.8 Å². The number of aliphatic hydroxyl groups excluding tert-OH is 1. The van der Waals surface area contributed by atoms with Gasteiger partial charge in [-0.1, -0.05) is 71.8 Å². The monoisotopic (exact) mass is 671 g/mol. The van der Waals surface area contributed by atoms with E-state index in [0.717, 1.165) is 18.4 Å². The van der Waals surface area contributed by atoms with E-state index >= 15 is 0 Å². The highest BCUT2D eigenvalue weighted by Crippen LogP contribution is 2.58. The fourth-order valence-corrected chi connectivity index (χ4v) is 7.81. The van der Waals surface area contributed by atoms with Gasteiger partial charge in [0.15, 0.2) is 0 Å². The van der Waals surface area contributed by atoms with Gasteiger partial charge in [-0.2, -0.15) is 0 Å². The molecule has 4 aliphatic heterocycles. The summed E-state index contributed by atoms with van der Waals surface area (Å²) in [5, 5.41) is 12.5. The Morgan fingerprint density at radius 2 is 1.89 bits per heavy atom. The van der Waals surface area contributed by atoms with Crippen molar-refractivity contribution in [3.63, 3.8) is 0 Å². The molecule has 5 rings (SSSR count). The van der Waals surface area contributed by atoms with Gasteiger partial charge in [0.2, 0.25) is 17.7 Å². The topological polar surface area (TPSA) is 125 Å². The van der Waals surface area contributed by atoms with Crippen molar-refractivity contribution in [2.75, 3.05) is 26.3 Å². The average Bonchev–Trinajstić information content (AvgIpc) is 3.60. The number of likely N-dealkylation sites (tertiary alicyclic amines) is 1. The number of amides is 3. The van der Waals surface area contributed by atoms with Crippen molar-refractivity contribution in [2.45, 2.75) is 82.2 Å². The van der Waals surface area contributed by atoms with Gasteiger partial charge in [0, 0.05) is 36.6 Å². The highest BCUT2D eigenvalue weighted by atomic mass is 79.9. The molecule has 4 heterocycles. The number of allylic oxidation sites excluding steroid dienone is 1. The van der Waals surface area contributed by atoms with Crippen LogP contribution in [-0.2, 0) is 28.7 Å².